The van der Waals surface area contributed by atoms with Gasteiger partial charge in [0.1, 0.15) is 0 Å². The fourth-order valence-corrected chi connectivity index (χ4v) is 1.01. The van der Waals surface area contributed by atoms with E-state index in [1.165, 1.54) is 26.2 Å². The van der Waals surface area contributed by atoms with Crippen molar-refractivity contribution in [3.8, 4) is 11.5 Å². The number of allylic oxidation sites excluding steroid dienone is 1. The Balaban J connectivity index is 2.95. The lowest BCUT2D eigenvalue weighted by Gasteiger charge is -2.03. The molecule has 0 bridgehead atoms. The highest BCUT2D eigenvalue weighted by atomic mass is 16.5. The van der Waals surface area contributed by atoms with Gasteiger partial charge in [0.05, 0.1) is 7.11 Å². The van der Waals surface area contributed by atoms with Crippen molar-refractivity contribution in [2.24, 2.45) is 0 Å². The van der Waals surface area contributed by atoms with Gasteiger partial charge in [-0.15, -0.1) is 0 Å². The lowest BCUT2D eigenvalue weighted by Crippen LogP contribution is -1.85. The van der Waals surface area contributed by atoms with Gasteiger partial charge < -0.3 is 9.84 Å². The molecule has 3 nitrogen and oxygen atoms in total. The molecule has 1 N–H and O–H groups in total. The van der Waals surface area contributed by atoms with E-state index in [-0.39, 0.29) is 11.5 Å². The van der Waals surface area contributed by atoms with Crippen LogP contribution < -0.4 is 4.74 Å². The molecule has 0 aliphatic rings. The molecule has 0 fully saturated rings. The number of phenolic OH excluding ortho intramolecular Hbond substituents is 1. The number of ether oxygens (including phenoxy) is 1. The van der Waals surface area contributed by atoms with Crippen molar-refractivity contribution < 1.29 is 14.6 Å². The number of rotatable bonds is 3. The molecule has 0 aliphatic heterocycles. The van der Waals surface area contributed by atoms with Gasteiger partial charge in [0.25, 0.3) is 0 Å². The molecule has 0 amide bonds. The summed E-state index contributed by atoms with van der Waals surface area (Å²) < 4.78 is 4.92. The third-order valence-corrected chi connectivity index (χ3v) is 1.71. The summed E-state index contributed by atoms with van der Waals surface area (Å²) in [7, 11) is 1.48. The first kappa shape index (κ1) is 10.3. The normalized spacial score (nSPS) is 10.4. The van der Waals surface area contributed by atoms with Crippen molar-refractivity contribution >= 4 is 11.9 Å². The van der Waals surface area contributed by atoms with Gasteiger partial charge in [0.15, 0.2) is 17.3 Å². The molecule has 3 heteroatoms. The highest BCUT2D eigenvalue weighted by Gasteiger charge is 2.00. The van der Waals surface area contributed by atoms with Gasteiger partial charge in [-0.05, 0) is 30.7 Å². The summed E-state index contributed by atoms with van der Waals surface area (Å²) in [6.07, 6.45) is 3.14. The van der Waals surface area contributed by atoms with Crippen LogP contribution >= 0.6 is 0 Å². The molecule has 0 saturated heterocycles. The molecule has 0 radical (unpaired) electrons. The lowest BCUT2D eigenvalue weighted by molar-refractivity contribution is -0.112. The van der Waals surface area contributed by atoms with Crippen molar-refractivity contribution in [3.63, 3.8) is 0 Å². The minimum Gasteiger partial charge on any atom is -0.504 e. The number of benzene rings is 1. The zero-order valence-corrected chi connectivity index (χ0v) is 8.15. The van der Waals surface area contributed by atoms with Crippen LogP contribution in [0.1, 0.15) is 12.5 Å². The predicted molar refractivity (Wildman–Crippen MR) is 54.4 cm³/mol. The number of phenols is 1. The first-order chi connectivity index (χ1) is 6.63. The molecule has 1 aromatic carbocycles. The van der Waals surface area contributed by atoms with Crippen LogP contribution in [0.3, 0.4) is 0 Å². The van der Waals surface area contributed by atoms with Gasteiger partial charge in [-0.25, -0.2) is 0 Å². The van der Waals surface area contributed by atoms with E-state index < -0.39 is 0 Å². The van der Waals surface area contributed by atoms with Crippen LogP contribution in [-0.4, -0.2) is 18.0 Å². The molecule has 74 valence electrons. The van der Waals surface area contributed by atoms with Crippen molar-refractivity contribution in [1.82, 2.24) is 0 Å². The largest absolute Gasteiger partial charge is 0.504 e. The van der Waals surface area contributed by atoms with Crippen molar-refractivity contribution in [1.29, 1.82) is 0 Å². The number of aromatic hydroxyl groups is 1. The minimum absolute atomic E-state index is 0.0166. The molecule has 0 saturated carbocycles. The highest BCUT2D eigenvalue weighted by Crippen LogP contribution is 2.26. The van der Waals surface area contributed by atoms with Gasteiger partial charge in [0, 0.05) is 0 Å². The molecule has 0 aliphatic carbocycles. The first-order valence-corrected chi connectivity index (χ1v) is 4.19. The maximum Gasteiger partial charge on any atom is 0.161 e. The quantitative estimate of drug-likeness (QED) is 0.745. The van der Waals surface area contributed by atoms with Crippen LogP contribution in [0.4, 0.5) is 0 Å². The molecule has 0 atom stereocenters. The minimum atomic E-state index is -0.0166. The van der Waals surface area contributed by atoms with Crippen LogP contribution in [0.2, 0.25) is 0 Å². The Morgan fingerprint density at radius 1 is 1.50 bits per heavy atom. The van der Waals surface area contributed by atoms with E-state index in [2.05, 4.69) is 0 Å². The predicted octanol–water partition coefficient (Wildman–Crippen LogP) is 2.00. The van der Waals surface area contributed by atoms with Crippen LogP contribution in [0.25, 0.3) is 6.08 Å². The van der Waals surface area contributed by atoms with Crippen molar-refractivity contribution in [3.05, 3.63) is 29.8 Å². The molecule has 1 rings (SSSR count). The maximum atomic E-state index is 10.7. The van der Waals surface area contributed by atoms with Crippen LogP contribution in [-0.2, 0) is 4.79 Å². The Morgan fingerprint density at radius 3 is 2.79 bits per heavy atom. The topological polar surface area (TPSA) is 46.5 Å². The molecule has 0 heterocycles. The number of carbonyl (C=O) groups is 1. The van der Waals surface area contributed by atoms with E-state index >= 15 is 0 Å². The average molecular weight is 192 g/mol. The van der Waals surface area contributed by atoms with Crippen molar-refractivity contribution in [2.75, 3.05) is 7.11 Å². The van der Waals surface area contributed by atoms with Gasteiger partial charge in [-0.1, -0.05) is 12.1 Å². The van der Waals surface area contributed by atoms with Crippen LogP contribution in [0.5, 0.6) is 11.5 Å². The van der Waals surface area contributed by atoms with Crippen LogP contribution in [0, 0.1) is 0 Å². The molecule has 1 aromatic rings. The zero-order chi connectivity index (χ0) is 10.6. The molecule has 0 unspecified atom stereocenters. The zero-order valence-electron chi connectivity index (χ0n) is 8.15. The smallest absolute Gasteiger partial charge is 0.161 e. The number of ketones is 1. The molecular formula is C11H12O3. The average Bonchev–Trinajstić information content (AvgIpc) is 2.16. The first-order valence-electron chi connectivity index (χ1n) is 4.19. The van der Waals surface area contributed by atoms with E-state index in [9.17, 15) is 9.90 Å². The summed E-state index contributed by atoms with van der Waals surface area (Å²) in [5, 5.41) is 9.30. The van der Waals surface area contributed by atoms with E-state index in [0.29, 0.717) is 5.75 Å². The van der Waals surface area contributed by atoms with E-state index in [0.717, 1.165) is 5.56 Å². The maximum absolute atomic E-state index is 10.7. The summed E-state index contributed by atoms with van der Waals surface area (Å²) in [5.74, 6) is 0.472. The lowest BCUT2D eigenvalue weighted by atomic mass is 10.2. The Kier molecular flexibility index (Phi) is 3.29. The molecule has 0 aromatic heterocycles. The Morgan fingerprint density at radius 2 is 2.21 bits per heavy atom. The second-order valence-corrected chi connectivity index (χ2v) is 2.88. The fourth-order valence-electron chi connectivity index (χ4n) is 1.01. The third kappa shape index (κ3) is 2.62. The standard InChI is InChI=1S/C11H12O3/c1-8(12)3-4-9-5-6-10(13)11(7-9)14-2/h3-7,13H,1-2H3/b4-3-. The summed E-state index contributed by atoms with van der Waals surface area (Å²) in [5.41, 5.74) is 0.815. The van der Waals surface area contributed by atoms with Gasteiger partial charge in [-0.3, -0.25) is 4.79 Å². The number of carbonyl (C=O) groups excluding carboxylic acids is 1. The Labute approximate surface area is 82.6 Å². The summed E-state index contributed by atoms with van der Waals surface area (Å²) in [6.45, 7) is 1.48. The summed E-state index contributed by atoms with van der Waals surface area (Å²) in [6, 6.07) is 4.89. The summed E-state index contributed by atoms with van der Waals surface area (Å²) in [4.78, 5) is 10.7. The highest BCUT2D eigenvalue weighted by molar-refractivity contribution is 5.91. The van der Waals surface area contributed by atoms with Crippen LogP contribution in [0.15, 0.2) is 24.3 Å². The summed E-state index contributed by atoms with van der Waals surface area (Å²) >= 11 is 0. The van der Waals surface area contributed by atoms with Gasteiger partial charge in [-0.2, -0.15) is 0 Å². The van der Waals surface area contributed by atoms with E-state index in [1.54, 1.807) is 18.2 Å². The second kappa shape index (κ2) is 4.46. The molecule has 14 heavy (non-hydrogen) atoms. The SMILES string of the molecule is COc1cc(/C=C\C(C)=O)ccc1O. The number of hydrogen-bond donors (Lipinski definition) is 1. The number of methoxy groups -OCH3 is 1. The Bertz CT molecular complexity index is 367. The second-order valence-electron chi connectivity index (χ2n) is 2.88. The number of hydrogen-bond acceptors (Lipinski definition) is 3. The van der Waals surface area contributed by atoms with Gasteiger partial charge in [0.2, 0.25) is 0 Å². The van der Waals surface area contributed by atoms with E-state index in [4.69, 9.17) is 4.74 Å². The molecule has 0 spiro atoms. The van der Waals surface area contributed by atoms with Crippen molar-refractivity contribution in [2.45, 2.75) is 6.92 Å². The fraction of sp³-hybridized carbons (Fsp3) is 0.182. The molecular weight excluding hydrogens is 180 g/mol. The van der Waals surface area contributed by atoms with Gasteiger partial charge >= 0.3 is 0 Å². The third-order valence-electron chi connectivity index (χ3n) is 1.71. The Hall–Kier alpha value is -1.77. The monoisotopic (exact) mass is 192 g/mol. The van der Waals surface area contributed by atoms with E-state index in [1.807, 2.05) is 0 Å².